The van der Waals surface area contributed by atoms with E-state index in [1.54, 1.807) is 14.2 Å². The van der Waals surface area contributed by atoms with Crippen molar-refractivity contribution in [2.75, 3.05) is 46.9 Å². The zero-order chi connectivity index (χ0) is 21.9. The molecule has 0 aromatic heterocycles. The van der Waals surface area contributed by atoms with Crippen molar-refractivity contribution in [2.45, 2.75) is 25.8 Å². The third-order valence-corrected chi connectivity index (χ3v) is 5.43. The largest absolute Gasteiger partial charge is 0.497 e. The van der Waals surface area contributed by atoms with Crippen LogP contribution in [0.5, 0.6) is 11.5 Å². The summed E-state index contributed by atoms with van der Waals surface area (Å²) < 4.78 is 10.8. The van der Waals surface area contributed by atoms with E-state index in [1.165, 1.54) is 44.5 Å². The normalized spacial score (nSPS) is 19.5. The SMILES string of the molecule is COc1ccc(CN2CCN(CC3CC=CCC3)CC2)c(OC)c1.O=C(O)C(=O)O. The molecule has 3 rings (SSSR count). The molecule has 2 aliphatic rings. The van der Waals surface area contributed by atoms with E-state index in [1.807, 2.05) is 12.1 Å². The Morgan fingerprint density at radius 1 is 1.00 bits per heavy atom. The van der Waals surface area contributed by atoms with Gasteiger partial charge in [-0.15, -0.1) is 0 Å². The van der Waals surface area contributed by atoms with Crippen molar-refractivity contribution in [3.63, 3.8) is 0 Å². The highest BCUT2D eigenvalue weighted by Crippen LogP contribution is 2.26. The fourth-order valence-corrected chi connectivity index (χ4v) is 3.74. The Labute approximate surface area is 177 Å². The minimum atomic E-state index is -1.82. The number of carbonyl (C=O) groups is 2. The Kier molecular flexibility index (Phi) is 9.63. The molecule has 0 amide bonds. The van der Waals surface area contributed by atoms with Gasteiger partial charge in [0.05, 0.1) is 14.2 Å². The number of methoxy groups -OCH3 is 2. The second-order valence-corrected chi connectivity index (χ2v) is 7.52. The number of aliphatic carboxylic acids is 2. The molecule has 0 radical (unpaired) electrons. The van der Waals surface area contributed by atoms with Gasteiger partial charge in [-0.1, -0.05) is 18.2 Å². The number of carboxylic acid groups (broad SMARTS) is 2. The van der Waals surface area contributed by atoms with Crippen molar-refractivity contribution in [1.82, 2.24) is 9.80 Å². The van der Waals surface area contributed by atoms with Gasteiger partial charge in [0.25, 0.3) is 0 Å². The second kappa shape index (κ2) is 12.2. The van der Waals surface area contributed by atoms with E-state index >= 15 is 0 Å². The molecular formula is C22H32N2O6. The van der Waals surface area contributed by atoms with Gasteiger partial charge < -0.3 is 24.6 Å². The summed E-state index contributed by atoms with van der Waals surface area (Å²) in [6.45, 7) is 6.85. The molecule has 1 aliphatic heterocycles. The van der Waals surface area contributed by atoms with Gasteiger partial charge in [0.2, 0.25) is 0 Å². The summed E-state index contributed by atoms with van der Waals surface area (Å²) in [5.41, 5.74) is 1.24. The van der Waals surface area contributed by atoms with E-state index in [4.69, 9.17) is 29.3 Å². The molecule has 1 aromatic rings. The third kappa shape index (κ3) is 7.68. The zero-order valence-electron chi connectivity index (χ0n) is 17.7. The Hall–Kier alpha value is -2.58. The lowest BCUT2D eigenvalue weighted by atomic mass is 9.94. The summed E-state index contributed by atoms with van der Waals surface area (Å²) >= 11 is 0. The van der Waals surface area contributed by atoms with Crippen LogP contribution in [-0.2, 0) is 16.1 Å². The van der Waals surface area contributed by atoms with Gasteiger partial charge in [-0.05, 0) is 31.2 Å². The molecule has 8 nitrogen and oxygen atoms in total. The minimum Gasteiger partial charge on any atom is -0.497 e. The third-order valence-electron chi connectivity index (χ3n) is 5.43. The number of benzene rings is 1. The second-order valence-electron chi connectivity index (χ2n) is 7.52. The number of nitrogens with zero attached hydrogens (tertiary/aromatic N) is 2. The molecule has 1 atom stereocenters. The molecule has 166 valence electrons. The molecule has 1 aromatic carbocycles. The molecule has 0 spiro atoms. The van der Waals surface area contributed by atoms with Gasteiger partial charge in [0.15, 0.2) is 0 Å². The quantitative estimate of drug-likeness (QED) is 0.534. The molecular weight excluding hydrogens is 388 g/mol. The van der Waals surface area contributed by atoms with Crippen LogP contribution in [0.2, 0.25) is 0 Å². The summed E-state index contributed by atoms with van der Waals surface area (Å²) in [7, 11) is 3.42. The molecule has 2 N–H and O–H groups in total. The molecule has 1 saturated heterocycles. The number of piperazine rings is 1. The monoisotopic (exact) mass is 420 g/mol. The number of hydrogen-bond acceptors (Lipinski definition) is 6. The van der Waals surface area contributed by atoms with Crippen LogP contribution in [0.4, 0.5) is 0 Å². The van der Waals surface area contributed by atoms with Crippen LogP contribution < -0.4 is 9.47 Å². The van der Waals surface area contributed by atoms with Crippen molar-refractivity contribution in [1.29, 1.82) is 0 Å². The smallest absolute Gasteiger partial charge is 0.414 e. The molecule has 0 saturated carbocycles. The van der Waals surface area contributed by atoms with Gasteiger partial charge in [-0.3, -0.25) is 4.90 Å². The standard InChI is InChI=1S/C20H30N2O2.C2H2O4/c1-23-19-9-8-18(20(14-19)24-2)16-22-12-10-21(11-13-22)15-17-6-4-3-5-7-17;3-1(4)2(5)6/h3-4,8-9,14,17H,5-7,10-13,15-16H2,1-2H3;(H,3,4)(H,5,6). The molecule has 8 heteroatoms. The summed E-state index contributed by atoms with van der Waals surface area (Å²) in [6.07, 6.45) is 8.59. The first-order valence-corrected chi connectivity index (χ1v) is 10.2. The maximum Gasteiger partial charge on any atom is 0.414 e. The first-order valence-electron chi connectivity index (χ1n) is 10.2. The molecule has 30 heavy (non-hydrogen) atoms. The maximum atomic E-state index is 9.10. The summed E-state index contributed by atoms with van der Waals surface area (Å²) in [4.78, 5) is 23.4. The average Bonchev–Trinajstić information content (AvgIpc) is 2.76. The maximum absolute atomic E-state index is 9.10. The molecule has 0 bridgehead atoms. The highest BCUT2D eigenvalue weighted by atomic mass is 16.5. The van der Waals surface area contributed by atoms with Crippen molar-refractivity contribution >= 4 is 11.9 Å². The van der Waals surface area contributed by atoms with Gasteiger partial charge in [0, 0.05) is 50.9 Å². The van der Waals surface area contributed by atoms with Crippen LogP contribution >= 0.6 is 0 Å². The van der Waals surface area contributed by atoms with E-state index in [2.05, 4.69) is 28.0 Å². The van der Waals surface area contributed by atoms with Gasteiger partial charge in [0.1, 0.15) is 11.5 Å². The molecule has 1 unspecified atom stereocenters. The number of carboxylic acids is 2. The Morgan fingerprint density at radius 2 is 1.67 bits per heavy atom. The minimum absolute atomic E-state index is 0.849. The van der Waals surface area contributed by atoms with Gasteiger partial charge in [-0.2, -0.15) is 0 Å². The lowest BCUT2D eigenvalue weighted by Gasteiger charge is -2.37. The molecule has 1 aliphatic carbocycles. The Morgan fingerprint density at radius 3 is 2.20 bits per heavy atom. The Bertz CT molecular complexity index is 716. The first kappa shape index (κ1) is 23.7. The highest BCUT2D eigenvalue weighted by Gasteiger charge is 2.21. The summed E-state index contributed by atoms with van der Waals surface area (Å²) in [5.74, 6) is -1.01. The van der Waals surface area contributed by atoms with E-state index in [-0.39, 0.29) is 0 Å². The zero-order valence-corrected chi connectivity index (χ0v) is 17.7. The van der Waals surface area contributed by atoms with Crippen LogP contribution in [0.25, 0.3) is 0 Å². The van der Waals surface area contributed by atoms with E-state index in [9.17, 15) is 0 Å². The first-order chi connectivity index (χ1) is 14.4. The van der Waals surface area contributed by atoms with Crippen LogP contribution in [0.1, 0.15) is 24.8 Å². The van der Waals surface area contributed by atoms with Gasteiger partial charge >= 0.3 is 11.9 Å². The van der Waals surface area contributed by atoms with E-state index < -0.39 is 11.9 Å². The lowest BCUT2D eigenvalue weighted by Crippen LogP contribution is -2.47. The van der Waals surface area contributed by atoms with Crippen LogP contribution in [0, 0.1) is 5.92 Å². The number of rotatable bonds is 6. The van der Waals surface area contributed by atoms with Crippen LogP contribution in [-0.4, -0.2) is 78.9 Å². The lowest BCUT2D eigenvalue weighted by molar-refractivity contribution is -0.159. The van der Waals surface area contributed by atoms with E-state index in [0.717, 1.165) is 37.1 Å². The number of allylic oxidation sites excluding steroid dienone is 2. The predicted molar refractivity (Wildman–Crippen MR) is 113 cm³/mol. The van der Waals surface area contributed by atoms with Crippen molar-refractivity contribution in [2.24, 2.45) is 5.92 Å². The summed E-state index contributed by atoms with van der Waals surface area (Å²) in [6, 6.07) is 6.12. The molecule has 1 fully saturated rings. The fourth-order valence-electron chi connectivity index (χ4n) is 3.74. The summed E-state index contributed by atoms with van der Waals surface area (Å²) in [5, 5.41) is 14.8. The van der Waals surface area contributed by atoms with Crippen LogP contribution in [0.15, 0.2) is 30.4 Å². The number of hydrogen-bond donors (Lipinski definition) is 2. The van der Waals surface area contributed by atoms with Crippen molar-refractivity contribution in [3.05, 3.63) is 35.9 Å². The number of ether oxygens (including phenoxy) is 2. The van der Waals surface area contributed by atoms with Crippen molar-refractivity contribution < 1.29 is 29.3 Å². The predicted octanol–water partition coefficient (Wildman–Crippen LogP) is 2.33. The fraction of sp³-hybridized carbons (Fsp3) is 0.545. The topological polar surface area (TPSA) is 99.5 Å². The van der Waals surface area contributed by atoms with E-state index in [0.29, 0.717) is 0 Å². The van der Waals surface area contributed by atoms with Crippen molar-refractivity contribution in [3.8, 4) is 11.5 Å². The molecule has 1 heterocycles. The van der Waals surface area contributed by atoms with Crippen LogP contribution in [0.3, 0.4) is 0 Å². The average molecular weight is 421 g/mol. The Balaban J connectivity index is 0.000000469. The highest BCUT2D eigenvalue weighted by molar-refractivity contribution is 6.27. The van der Waals surface area contributed by atoms with Gasteiger partial charge in [-0.25, -0.2) is 9.59 Å².